The molecule has 94 valence electrons. The first-order valence-electron chi connectivity index (χ1n) is 6.78. The number of hydrogen-bond donors (Lipinski definition) is 2. The van der Waals surface area contributed by atoms with E-state index in [4.69, 9.17) is 0 Å². The van der Waals surface area contributed by atoms with Gasteiger partial charge in [-0.15, -0.1) is 0 Å². The van der Waals surface area contributed by atoms with Crippen molar-refractivity contribution >= 4 is 0 Å². The number of benzene rings is 1. The summed E-state index contributed by atoms with van der Waals surface area (Å²) in [6.45, 7) is 1.36. The fourth-order valence-corrected chi connectivity index (χ4v) is 2.74. The summed E-state index contributed by atoms with van der Waals surface area (Å²) in [5.41, 5.74) is 1.39. The maximum atomic E-state index is 9.34. The van der Waals surface area contributed by atoms with Gasteiger partial charge in [0.2, 0.25) is 0 Å². The summed E-state index contributed by atoms with van der Waals surface area (Å²) in [6.07, 6.45) is 6.07. The van der Waals surface area contributed by atoms with Crippen molar-refractivity contribution in [2.75, 3.05) is 13.2 Å². The second kappa shape index (κ2) is 6.77. The number of nitrogens with one attached hydrogen (secondary N) is 1. The van der Waals surface area contributed by atoms with Crippen LogP contribution in [0.2, 0.25) is 0 Å². The molecule has 2 atom stereocenters. The zero-order chi connectivity index (χ0) is 11.9. The van der Waals surface area contributed by atoms with Crippen molar-refractivity contribution in [3.8, 4) is 0 Å². The fraction of sp³-hybridized carbons (Fsp3) is 0.600. The third kappa shape index (κ3) is 3.83. The van der Waals surface area contributed by atoms with Crippen LogP contribution < -0.4 is 5.32 Å². The number of hydrogen-bond acceptors (Lipinski definition) is 2. The Morgan fingerprint density at radius 3 is 2.65 bits per heavy atom. The quantitative estimate of drug-likeness (QED) is 0.818. The van der Waals surface area contributed by atoms with E-state index >= 15 is 0 Å². The third-order valence-corrected chi connectivity index (χ3v) is 3.81. The zero-order valence-electron chi connectivity index (χ0n) is 10.4. The van der Waals surface area contributed by atoms with E-state index in [9.17, 15) is 5.11 Å². The highest BCUT2D eigenvalue weighted by molar-refractivity contribution is 5.14. The maximum absolute atomic E-state index is 9.34. The average Bonchev–Trinajstić information content (AvgIpc) is 2.40. The van der Waals surface area contributed by atoms with Gasteiger partial charge in [0.15, 0.2) is 0 Å². The number of aliphatic hydroxyl groups is 1. The van der Waals surface area contributed by atoms with Crippen LogP contribution in [0.25, 0.3) is 0 Å². The highest BCUT2D eigenvalue weighted by Gasteiger charge is 2.23. The first kappa shape index (κ1) is 12.6. The Hall–Kier alpha value is -0.860. The molecule has 0 spiro atoms. The lowest BCUT2D eigenvalue weighted by atomic mass is 9.85. The Kier molecular flexibility index (Phi) is 5.02. The Balaban J connectivity index is 1.74. The lowest BCUT2D eigenvalue weighted by Gasteiger charge is -2.31. The first-order valence-corrected chi connectivity index (χ1v) is 6.78. The second-order valence-corrected chi connectivity index (χ2v) is 5.02. The summed E-state index contributed by atoms with van der Waals surface area (Å²) in [7, 11) is 0. The van der Waals surface area contributed by atoms with Crippen molar-refractivity contribution in [2.45, 2.75) is 38.1 Å². The van der Waals surface area contributed by atoms with E-state index in [2.05, 4.69) is 35.6 Å². The standard InChI is InChI=1S/C15H23NO/c17-12-14-8-4-5-9-15(14)16-11-10-13-6-2-1-3-7-13/h1-3,6-7,14-17H,4-5,8-12H2. The molecule has 2 rings (SSSR count). The summed E-state index contributed by atoms with van der Waals surface area (Å²) >= 11 is 0. The molecule has 1 aromatic rings. The summed E-state index contributed by atoms with van der Waals surface area (Å²) in [5, 5.41) is 12.9. The zero-order valence-corrected chi connectivity index (χ0v) is 10.4. The minimum Gasteiger partial charge on any atom is -0.396 e. The molecule has 1 aromatic carbocycles. The molecule has 0 saturated heterocycles. The first-order chi connectivity index (χ1) is 8.40. The predicted octanol–water partition coefficient (Wildman–Crippen LogP) is 2.37. The molecule has 1 fully saturated rings. The summed E-state index contributed by atoms with van der Waals surface area (Å²) < 4.78 is 0. The van der Waals surface area contributed by atoms with Gasteiger partial charge in [-0.1, -0.05) is 43.2 Å². The van der Waals surface area contributed by atoms with Crippen LogP contribution in [0.4, 0.5) is 0 Å². The normalized spacial score (nSPS) is 24.8. The van der Waals surface area contributed by atoms with Crippen LogP contribution in [0.3, 0.4) is 0 Å². The minimum atomic E-state index is 0.336. The Labute approximate surface area is 104 Å². The molecule has 1 aliphatic rings. The van der Waals surface area contributed by atoms with E-state index in [0.717, 1.165) is 13.0 Å². The van der Waals surface area contributed by atoms with Gasteiger partial charge in [-0.05, 0) is 37.3 Å². The van der Waals surface area contributed by atoms with Gasteiger partial charge in [-0.3, -0.25) is 0 Å². The molecule has 0 radical (unpaired) electrons. The van der Waals surface area contributed by atoms with Gasteiger partial charge in [0.25, 0.3) is 0 Å². The van der Waals surface area contributed by atoms with Crippen LogP contribution in [0.1, 0.15) is 31.2 Å². The Bertz CT molecular complexity index is 312. The molecule has 17 heavy (non-hydrogen) atoms. The van der Waals surface area contributed by atoms with Gasteiger partial charge in [0.1, 0.15) is 0 Å². The van der Waals surface area contributed by atoms with Gasteiger partial charge in [0, 0.05) is 12.6 Å². The number of aliphatic hydroxyl groups excluding tert-OH is 1. The lowest BCUT2D eigenvalue weighted by Crippen LogP contribution is -2.41. The van der Waals surface area contributed by atoms with Crippen LogP contribution in [-0.2, 0) is 6.42 Å². The molecule has 0 amide bonds. The van der Waals surface area contributed by atoms with E-state index in [1.54, 1.807) is 0 Å². The molecule has 2 nitrogen and oxygen atoms in total. The lowest BCUT2D eigenvalue weighted by molar-refractivity contribution is 0.153. The van der Waals surface area contributed by atoms with Crippen LogP contribution in [0.15, 0.2) is 30.3 Å². The molecule has 1 aliphatic carbocycles. The topological polar surface area (TPSA) is 32.3 Å². The van der Waals surface area contributed by atoms with Gasteiger partial charge in [-0.25, -0.2) is 0 Å². The minimum absolute atomic E-state index is 0.336. The van der Waals surface area contributed by atoms with Gasteiger partial charge in [-0.2, -0.15) is 0 Å². The Morgan fingerprint density at radius 1 is 1.12 bits per heavy atom. The van der Waals surface area contributed by atoms with Crippen LogP contribution in [0.5, 0.6) is 0 Å². The van der Waals surface area contributed by atoms with Crippen molar-refractivity contribution in [1.29, 1.82) is 0 Å². The van der Waals surface area contributed by atoms with Crippen molar-refractivity contribution in [3.05, 3.63) is 35.9 Å². The van der Waals surface area contributed by atoms with Crippen molar-refractivity contribution in [1.82, 2.24) is 5.32 Å². The summed E-state index contributed by atoms with van der Waals surface area (Å²) in [6, 6.07) is 11.1. The van der Waals surface area contributed by atoms with Gasteiger partial charge >= 0.3 is 0 Å². The summed E-state index contributed by atoms with van der Waals surface area (Å²) in [5.74, 6) is 0.472. The predicted molar refractivity (Wildman–Crippen MR) is 71.0 cm³/mol. The SMILES string of the molecule is OCC1CCCCC1NCCc1ccccc1. The molecule has 0 heterocycles. The molecule has 2 unspecified atom stereocenters. The van der Waals surface area contributed by atoms with E-state index in [0.29, 0.717) is 18.6 Å². The van der Waals surface area contributed by atoms with Crippen molar-refractivity contribution < 1.29 is 5.11 Å². The average molecular weight is 233 g/mol. The molecular formula is C15H23NO. The molecule has 2 heteroatoms. The largest absolute Gasteiger partial charge is 0.396 e. The van der Waals surface area contributed by atoms with Crippen LogP contribution in [-0.4, -0.2) is 24.3 Å². The summed E-state index contributed by atoms with van der Waals surface area (Å²) in [4.78, 5) is 0. The monoisotopic (exact) mass is 233 g/mol. The highest BCUT2D eigenvalue weighted by Crippen LogP contribution is 2.23. The molecule has 1 saturated carbocycles. The molecule has 2 N–H and O–H groups in total. The van der Waals surface area contributed by atoms with E-state index in [1.165, 1.54) is 31.2 Å². The van der Waals surface area contributed by atoms with Gasteiger partial charge < -0.3 is 10.4 Å². The molecule has 0 bridgehead atoms. The van der Waals surface area contributed by atoms with Crippen molar-refractivity contribution in [3.63, 3.8) is 0 Å². The van der Waals surface area contributed by atoms with E-state index in [1.807, 2.05) is 0 Å². The fourth-order valence-electron chi connectivity index (χ4n) is 2.74. The smallest absolute Gasteiger partial charge is 0.0474 e. The third-order valence-electron chi connectivity index (χ3n) is 3.81. The van der Waals surface area contributed by atoms with Crippen molar-refractivity contribution in [2.24, 2.45) is 5.92 Å². The van der Waals surface area contributed by atoms with Crippen LogP contribution >= 0.6 is 0 Å². The number of rotatable bonds is 5. The van der Waals surface area contributed by atoms with E-state index < -0.39 is 0 Å². The van der Waals surface area contributed by atoms with E-state index in [-0.39, 0.29) is 0 Å². The molecule has 0 aliphatic heterocycles. The highest BCUT2D eigenvalue weighted by atomic mass is 16.3. The van der Waals surface area contributed by atoms with Crippen LogP contribution in [0, 0.1) is 5.92 Å². The Morgan fingerprint density at radius 2 is 1.88 bits per heavy atom. The second-order valence-electron chi connectivity index (χ2n) is 5.02. The van der Waals surface area contributed by atoms with Gasteiger partial charge in [0.05, 0.1) is 0 Å². The molecule has 0 aromatic heterocycles. The molecular weight excluding hydrogens is 210 g/mol. The maximum Gasteiger partial charge on any atom is 0.0474 e.